The van der Waals surface area contributed by atoms with E-state index in [1.165, 1.54) is 5.56 Å². The lowest BCUT2D eigenvalue weighted by molar-refractivity contribution is -0.128. The molecule has 0 saturated heterocycles. The molecule has 0 bridgehead atoms. The molecule has 2 rings (SSSR count). The zero-order valence-electron chi connectivity index (χ0n) is 15.2. The number of hydrogen-bond donors (Lipinski definition) is 1. The lowest BCUT2D eigenvalue weighted by atomic mass is 9.83. The number of amides is 1. The summed E-state index contributed by atoms with van der Waals surface area (Å²) in [6.45, 7) is 8.15. The molecule has 0 aliphatic rings. The van der Waals surface area contributed by atoms with E-state index in [0.717, 1.165) is 0 Å². The number of ether oxygens (including phenoxy) is 1. The van der Waals surface area contributed by atoms with Crippen LogP contribution in [0, 0.1) is 5.92 Å². The molecule has 3 atom stereocenters. The second-order valence-corrected chi connectivity index (χ2v) is 7.13. The molecular weight excluding hydrogens is 334 g/mol. The SMILES string of the molecule is CC(Oc1ccc(Cl)cc1)C(=O)NC(C)C(c1ccccc1)C(C)C. The molecule has 3 unspecified atom stereocenters. The zero-order chi connectivity index (χ0) is 18.4. The van der Waals surface area contributed by atoms with Crippen LogP contribution in [0.1, 0.15) is 39.2 Å². The number of rotatable bonds is 7. The molecule has 25 heavy (non-hydrogen) atoms. The predicted octanol–water partition coefficient (Wildman–Crippen LogP) is 5.05. The van der Waals surface area contributed by atoms with Gasteiger partial charge in [-0.05, 0) is 49.6 Å². The molecule has 0 spiro atoms. The zero-order valence-corrected chi connectivity index (χ0v) is 16.0. The Bertz CT molecular complexity index is 670. The average Bonchev–Trinajstić information content (AvgIpc) is 2.57. The van der Waals surface area contributed by atoms with Gasteiger partial charge in [-0.25, -0.2) is 0 Å². The molecule has 4 heteroatoms. The fourth-order valence-corrected chi connectivity index (χ4v) is 3.25. The van der Waals surface area contributed by atoms with Gasteiger partial charge in [-0.2, -0.15) is 0 Å². The van der Waals surface area contributed by atoms with E-state index in [0.29, 0.717) is 16.7 Å². The fourth-order valence-electron chi connectivity index (χ4n) is 3.13. The van der Waals surface area contributed by atoms with Gasteiger partial charge >= 0.3 is 0 Å². The number of carbonyl (C=O) groups excluding carboxylic acids is 1. The van der Waals surface area contributed by atoms with E-state index in [1.807, 2.05) is 25.1 Å². The molecule has 0 radical (unpaired) electrons. The topological polar surface area (TPSA) is 38.3 Å². The lowest BCUT2D eigenvalue weighted by Crippen LogP contribution is -2.44. The Balaban J connectivity index is 2.00. The molecule has 0 fully saturated rings. The van der Waals surface area contributed by atoms with E-state index in [2.05, 4.69) is 31.3 Å². The van der Waals surface area contributed by atoms with Gasteiger partial charge in [-0.15, -0.1) is 0 Å². The molecule has 0 aliphatic carbocycles. The maximum Gasteiger partial charge on any atom is 0.261 e. The Morgan fingerprint density at radius 3 is 2.12 bits per heavy atom. The van der Waals surface area contributed by atoms with Gasteiger partial charge in [0.05, 0.1) is 0 Å². The maximum atomic E-state index is 12.5. The Labute approximate surface area is 155 Å². The highest BCUT2D eigenvalue weighted by Gasteiger charge is 2.26. The quantitative estimate of drug-likeness (QED) is 0.751. The summed E-state index contributed by atoms with van der Waals surface area (Å²) in [6, 6.07) is 17.3. The standard InChI is InChI=1S/C21H26ClNO2/c1-14(2)20(17-8-6-5-7-9-17)15(3)23-21(24)16(4)25-19-12-10-18(22)11-13-19/h5-16,20H,1-4H3,(H,23,24). The van der Waals surface area contributed by atoms with Gasteiger partial charge < -0.3 is 10.1 Å². The van der Waals surface area contributed by atoms with Gasteiger partial charge in [0.25, 0.3) is 5.91 Å². The minimum atomic E-state index is -0.577. The van der Waals surface area contributed by atoms with Gasteiger partial charge in [0, 0.05) is 17.0 Å². The number of nitrogens with one attached hydrogen (secondary N) is 1. The van der Waals surface area contributed by atoms with Crippen LogP contribution in [-0.2, 0) is 4.79 Å². The van der Waals surface area contributed by atoms with Gasteiger partial charge in [0.15, 0.2) is 6.10 Å². The molecule has 3 nitrogen and oxygen atoms in total. The van der Waals surface area contributed by atoms with Crippen LogP contribution in [0.3, 0.4) is 0 Å². The van der Waals surface area contributed by atoms with Gasteiger partial charge in [0.2, 0.25) is 0 Å². The summed E-state index contributed by atoms with van der Waals surface area (Å²) in [4.78, 5) is 12.5. The van der Waals surface area contributed by atoms with Crippen molar-refractivity contribution in [1.29, 1.82) is 0 Å². The summed E-state index contributed by atoms with van der Waals surface area (Å²) in [5.41, 5.74) is 1.23. The van der Waals surface area contributed by atoms with E-state index >= 15 is 0 Å². The van der Waals surface area contributed by atoms with Crippen molar-refractivity contribution in [2.75, 3.05) is 0 Å². The monoisotopic (exact) mass is 359 g/mol. The molecule has 2 aromatic carbocycles. The number of benzene rings is 2. The highest BCUT2D eigenvalue weighted by Crippen LogP contribution is 2.28. The summed E-state index contributed by atoms with van der Waals surface area (Å²) in [6.07, 6.45) is -0.577. The molecule has 134 valence electrons. The van der Waals surface area contributed by atoms with Crippen molar-refractivity contribution in [2.45, 2.75) is 45.8 Å². The minimum absolute atomic E-state index is 0.00571. The summed E-state index contributed by atoms with van der Waals surface area (Å²) >= 11 is 5.87. The van der Waals surface area contributed by atoms with Crippen LogP contribution < -0.4 is 10.1 Å². The summed E-state index contributed by atoms with van der Waals surface area (Å²) in [5.74, 6) is 1.16. The second kappa shape index (κ2) is 8.91. The molecule has 1 N–H and O–H groups in total. The third-order valence-electron chi connectivity index (χ3n) is 4.31. The first-order valence-electron chi connectivity index (χ1n) is 8.66. The van der Waals surface area contributed by atoms with Crippen LogP contribution in [0.4, 0.5) is 0 Å². The van der Waals surface area contributed by atoms with Crippen LogP contribution in [0.2, 0.25) is 5.02 Å². The van der Waals surface area contributed by atoms with E-state index in [4.69, 9.17) is 16.3 Å². The maximum absolute atomic E-state index is 12.5. The number of carbonyl (C=O) groups is 1. The summed E-state index contributed by atoms with van der Waals surface area (Å²) in [7, 11) is 0. The second-order valence-electron chi connectivity index (χ2n) is 6.69. The molecule has 2 aromatic rings. The normalized spacial score (nSPS) is 14.6. The Hall–Kier alpha value is -2.00. The molecule has 1 amide bonds. The van der Waals surface area contributed by atoms with E-state index in [1.54, 1.807) is 31.2 Å². The van der Waals surface area contributed by atoms with Crippen molar-refractivity contribution in [3.8, 4) is 5.75 Å². The van der Waals surface area contributed by atoms with E-state index < -0.39 is 6.10 Å². The van der Waals surface area contributed by atoms with Gasteiger partial charge in [-0.3, -0.25) is 4.79 Å². The van der Waals surface area contributed by atoms with Gasteiger partial charge in [0.1, 0.15) is 5.75 Å². The first-order valence-corrected chi connectivity index (χ1v) is 9.04. The average molecular weight is 360 g/mol. The summed E-state index contributed by atoms with van der Waals surface area (Å²) < 4.78 is 5.71. The van der Waals surface area contributed by atoms with Crippen molar-refractivity contribution >= 4 is 17.5 Å². The third kappa shape index (κ3) is 5.50. The minimum Gasteiger partial charge on any atom is -0.481 e. The molecule has 0 aromatic heterocycles. The highest BCUT2D eigenvalue weighted by molar-refractivity contribution is 6.30. The first kappa shape index (κ1) is 19.3. The first-order chi connectivity index (χ1) is 11.9. The van der Waals surface area contributed by atoms with Crippen molar-refractivity contribution in [3.63, 3.8) is 0 Å². The Morgan fingerprint density at radius 1 is 0.960 bits per heavy atom. The summed E-state index contributed by atoms with van der Waals surface area (Å²) in [5, 5.41) is 3.74. The number of halogens is 1. The molecule has 0 heterocycles. The van der Waals surface area contributed by atoms with Crippen LogP contribution >= 0.6 is 11.6 Å². The molecule has 0 aliphatic heterocycles. The van der Waals surface area contributed by atoms with Crippen LogP contribution in [0.5, 0.6) is 5.75 Å². The number of hydrogen-bond acceptors (Lipinski definition) is 2. The van der Waals surface area contributed by atoms with Crippen LogP contribution in [0.25, 0.3) is 0 Å². The van der Waals surface area contributed by atoms with Crippen molar-refractivity contribution in [1.82, 2.24) is 5.32 Å². The third-order valence-corrected chi connectivity index (χ3v) is 4.56. The smallest absolute Gasteiger partial charge is 0.261 e. The molecular formula is C21H26ClNO2. The fraction of sp³-hybridized carbons (Fsp3) is 0.381. The van der Waals surface area contributed by atoms with E-state index in [-0.39, 0.29) is 17.9 Å². The molecule has 0 saturated carbocycles. The van der Waals surface area contributed by atoms with Crippen LogP contribution in [-0.4, -0.2) is 18.1 Å². The predicted molar refractivity (Wildman–Crippen MR) is 103 cm³/mol. The Kier molecular flexibility index (Phi) is 6.89. The van der Waals surface area contributed by atoms with Crippen molar-refractivity contribution in [3.05, 3.63) is 65.2 Å². The van der Waals surface area contributed by atoms with Crippen LogP contribution in [0.15, 0.2) is 54.6 Å². The van der Waals surface area contributed by atoms with Crippen molar-refractivity contribution < 1.29 is 9.53 Å². The largest absolute Gasteiger partial charge is 0.481 e. The highest BCUT2D eigenvalue weighted by atomic mass is 35.5. The lowest BCUT2D eigenvalue weighted by Gasteiger charge is -2.29. The van der Waals surface area contributed by atoms with Gasteiger partial charge in [-0.1, -0.05) is 55.8 Å². The van der Waals surface area contributed by atoms with E-state index in [9.17, 15) is 4.79 Å². The van der Waals surface area contributed by atoms with Crippen molar-refractivity contribution in [2.24, 2.45) is 5.92 Å². The Morgan fingerprint density at radius 2 is 1.56 bits per heavy atom.